The SMILES string of the molecule is Cc1cnc(N2CCC(C(=O)N3CCc4ccccc43)C2)s1. The van der Waals surface area contributed by atoms with Crippen molar-refractivity contribution in [1.82, 2.24) is 4.98 Å². The summed E-state index contributed by atoms with van der Waals surface area (Å²) in [5, 5.41) is 1.05. The van der Waals surface area contributed by atoms with Crippen molar-refractivity contribution in [2.75, 3.05) is 29.4 Å². The lowest BCUT2D eigenvalue weighted by Crippen LogP contribution is -2.36. The van der Waals surface area contributed by atoms with Gasteiger partial charge in [0.25, 0.3) is 0 Å². The van der Waals surface area contributed by atoms with E-state index < -0.39 is 0 Å². The summed E-state index contributed by atoms with van der Waals surface area (Å²) in [7, 11) is 0. The second-order valence-corrected chi connectivity index (χ2v) is 7.27. The van der Waals surface area contributed by atoms with Crippen LogP contribution in [0.5, 0.6) is 0 Å². The molecule has 22 heavy (non-hydrogen) atoms. The number of carbonyl (C=O) groups is 1. The molecule has 0 saturated carbocycles. The van der Waals surface area contributed by atoms with Crippen molar-refractivity contribution in [3.63, 3.8) is 0 Å². The molecule has 4 rings (SSSR count). The Bertz CT molecular complexity index is 711. The molecular weight excluding hydrogens is 294 g/mol. The molecule has 0 spiro atoms. The van der Waals surface area contributed by atoms with E-state index in [1.807, 2.05) is 17.2 Å². The van der Waals surface area contributed by atoms with Crippen LogP contribution in [-0.2, 0) is 11.2 Å². The first-order valence-corrected chi connectivity index (χ1v) is 8.60. The van der Waals surface area contributed by atoms with E-state index in [-0.39, 0.29) is 11.8 Å². The van der Waals surface area contributed by atoms with E-state index in [9.17, 15) is 4.79 Å². The average Bonchev–Trinajstić information content (AvgIpc) is 3.25. The number of anilines is 2. The number of benzene rings is 1. The predicted molar refractivity (Wildman–Crippen MR) is 89.7 cm³/mol. The maximum atomic E-state index is 12.9. The highest BCUT2D eigenvalue weighted by molar-refractivity contribution is 7.15. The molecule has 0 N–H and O–H groups in total. The summed E-state index contributed by atoms with van der Waals surface area (Å²) in [5.41, 5.74) is 2.40. The van der Waals surface area contributed by atoms with Crippen molar-refractivity contribution < 1.29 is 4.79 Å². The lowest BCUT2D eigenvalue weighted by molar-refractivity contribution is -0.121. The average molecular weight is 313 g/mol. The van der Waals surface area contributed by atoms with Crippen LogP contribution >= 0.6 is 11.3 Å². The van der Waals surface area contributed by atoms with Crippen LogP contribution in [0.15, 0.2) is 30.5 Å². The molecular formula is C17H19N3OS. The van der Waals surface area contributed by atoms with Crippen LogP contribution in [0.3, 0.4) is 0 Å². The number of hydrogen-bond donors (Lipinski definition) is 0. The number of amides is 1. The molecule has 2 aliphatic heterocycles. The maximum Gasteiger partial charge on any atom is 0.231 e. The van der Waals surface area contributed by atoms with E-state index in [0.717, 1.165) is 43.3 Å². The zero-order chi connectivity index (χ0) is 15.1. The molecule has 3 heterocycles. The zero-order valence-electron chi connectivity index (χ0n) is 12.7. The van der Waals surface area contributed by atoms with Crippen LogP contribution in [0.25, 0.3) is 0 Å². The molecule has 114 valence electrons. The Balaban J connectivity index is 1.49. The Kier molecular flexibility index (Phi) is 3.37. The van der Waals surface area contributed by atoms with E-state index in [1.54, 1.807) is 11.3 Å². The van der Waals surface area contributed by atoms with Gasteiger partial charge in [-0.15, -0.1) is 11.3 Å². The predicted octanol–water partition coefficient (Wildman–Crippen LogP) is 2.87. The Morgan fingerprint density at radius 3 is 3.00 bits per heavy atom. The summed E-state index contributed by atoms with van der Waals surface area (Å²) >= 11 is 1.71. The summed E-state index contributed by atoms with van der Waals surface area (Å²) in [6.45, 7) is 4.62. The van der Waals surface area contributed by atoms with Gasteiger partial charge in [0, 0.05) is 36.4 Å². The lowest BCUT2D eigenvalue weighted by atomic mass is 10.1. The summed E-state index contributed by atoms with van der Waals surface area (Å²) in [4.78, 5) is 22.8. The topological polar surface area (TPSA) is 36.4 Å². The van der Waals surface area contributed by atoms with E-state index in [0.29, 0.717) is 0 Å². The second-order valence-electron chi connectivity index (χ2n) is 6.05. The van der Waals surface area contributed by atoms with Gasteiger partial charge in [-0.3, -0.25) is 4.79 Å². The fraction of sp³-hybridized carbons (Fsp3) is 0.412. The van der Waals surface area contributed by atoms with Crippen molar-refractivity contribution in [1.29, 1.82) is 0 Å². The Hall–Kier alpha value is -1.88. The van der Waals surface area contributed by atoms with E-state index >= 15 is 0 Å². The van der Waals surface area contributed by atoms with Crippen LogP contribution in [0.4, 0.5) is 10.8 Å². The van der Waals surface area contributed by atoms with Crippen LogP contribution in [0.2, 0.25) is 0 Å². The van der Waals surface area contributed by atoms with Gasteiger partial charge in [0.05, 0.1) is 5.92 Å². The van der Waals surface area contributed by atoms with Crippen LogP contribution in [0, 0.1) is 12.8 Å². The Morgan fingerprint density at radius 1 is 1.32 bits per heavy atom. The molecule has 2 aromatic rings. The molecule has 1 atom stereocenters. The summed E-state index contributed by atoms with van der Waals surface area (Å²) < 4.78 is 0. The van der Waals surface area contributed by atoms with Gasteiger partial charge in [0.2, 0.25) is 5.91 Å². The highest BCUT2D eigenvalue weighted by Crippen LogP contribution is 2.32. The van der Waals surface area contributed by atoms with Gasteiger partial charge in [0.1, 0.15) is 0 Å². The number of thiazole rings is 1. The molecule has 0 bridgehead atoms. The van der Waals surface area contributed by atoms with Gasteiger partial charge in [-0.2, -0.15) is 0 Å². The molecule has 0 radical (unpaired) electrons. The first kappa shape index (κ1) is 13.8. The normalized spacial score (nSPS) is 20.5. The molecule has 1 aromatic carbocycles. The highest BCUT2D eigenvalue weighted by atomic mass is 32.1. The summed E-state index contributed by atoms with van der Waals surface area (Å²) in [6.07, 6.45) is 3.81. The number of carbonyl (C=O) groups excluding carboxylic acids is 1. The molecule has 0 aliphatic carbocycles. The van der Waals surface area contributed by atoms with E-state index in [2.05, 4.69) is 35.0 Å². The number of hydrogen-bond acceptors (Lipinski definition) is 4. The minimum Gasteiger partial charge on any atom is -0.347 e. The summed E-state index contributed by atoms with van der Waals surface area (Å²) in [5.74, 6) is 0.371. The van der Waals surface area contributed by atoms with Crippen molar-refractivity contribution in [3.8, 4) is 0 Å². The molecule has 1 fully saturated rings. The van der Waals surface area contributed by atoms with Gasteiger partial charge >= 0.3 is 0 Å². The minimum absolute atomic E-state index is 0.0929. The highest BCUT2D eigenvalue weighted by Gasteiger charge is 2.35. The Morgan fingerprint density at radius 2 is 2.18 bits per heavy atom. The number of nitrogens with zero attached hydrogens (tertiary/aromatic N) is 3. The Labute approximate surface area is 134 Å². The van der Waals surface area contributed by atoms with Crippen molar-refractivity contribution in [2.24, 2.45) is 5.92 Å². The monoisotopic (exact) mass is 313 g/mol. The summed E-state index contributed by atoms with van der Waals surface area (Å²) in [6, 6.07) is 8.26. The fourth-order valence-electron chi connectivity index (χ4n) is 3.41. The molecule has 1 aromatic heterocycles. The quantitative estimate of drug-likeness (QED) is 0.855. The zero-order valence-corrected chi connectivity index (χ0v) is 13.5. The largest absolute Gasteiger partial charge is 0.347 e. The number of aryl methyl sites for hydroxylation is 1. The first-order chi connectivity index (χ1) is 10.7. The number of rotatable bonds is 2. The fourth-order valence-corrected chi connectivity index (χ4v) is 4.21. The third kappa shape index (κ3) is 2.29. The molecule has 4 nitrogen and oxygen atoms in total. The number of fused-ring (bicyclic) bond motifs is 1. The third-order valence-corrected chi connectivity index (χ3v) is 5.54. The van der Waals surface area contributed by atoms with E-state index in [1.165, 1.54) is 10.4 Å². The molecule has 2 aliphatic rings. The number of aromatic nitrogens is 1. The maximum absolute atomic E-state index is 12.9. The van der Waals surface area contributed by atoms with E-state index in [4.69, 9.17) is 0 Å². The standard InChI is InChI=1S/C17H19N3OS/c1-12-10-18-17(22-12)19-8-6-14(11-19)16(21)20-9-7-13-4-2-3-5-15(13)20/h2-5,10,14H,6-9,11H2,1H3. The minimum atomic E-state index is 0.0929. The number of para-hydroxylation sites is 1. The van der Waals surface area contributed by atoms with Crippen molar-refractivity contribution in [2.45, 2.75) is 19.8 Å². The third-order valence-electron chi connectivity index (χ3n) is 4.57. The van der Waals surface area contributed by atoms with Crippen molar-refractivity contribution in [3.05, 3.63) is 40.9 Å². The molecule has 1 amide bonds. The van der Waals surface area contributed by atoms with Crippen LogP contribution in [-0.4, -0.2) is 30.5 Å². The van der Waals surface area contributed by atoms with Gasteiger partial charge in [-0.05, 0) is 31.4 Å². The van der Waals surface area contributed by atoms with Gasteiger partial charge in [0.15, 0.2) is 5.13 Å². The first-order valence-electron chi connectivity index (χ1n) is 7.79. The van der Waals surface area contributed by atoms with Gasteiger partial charge < -0.3 is 9.80 Å². The van der Waals surface area contributed by atoms with Crippen LogP contribution in [0.1, 0.15) is 16.9 Å². The second kappa shape index (κ2) is 5.39. The van der Waals surface area contributed by atoms with Crippen molar-refractivity contribution >= 4 is 28.1 Å². The molecule has 1 saturated heterocycles. The van der Waals surface area contributed by atoms with Gasteiger partial charge in [-0.25, -0.2) is 4.98 Å². The smallest absolute Gasteiger partial charge is 0.231 e. The molecule has 1 unspecified atom stereocenters. The van der Waals surface area contributed by atoms with Crippen LogP contribution < -0.4 is 9.80 Å². The molecule has 5 heteroatoms. The lowest BCUT2D eigenvalue weighted by Gasteiger charge is -2.21. The van der Waals surface area contributed by atoms with Gasteiger partial charge in [-0.1, -0.05) is 18.2 Å².